The Labute approximate surface area is 151 Å². The van der Waals surface area contributed by atoms with Gasteiger partial charge in [-0.3, -0.25) is 9.78 Å². The van der Waals surface area contributed by atoms with Crippen LogP contribution in [0.2, 0.25) is 0 Å². The lowest BCUT2D eigenvalue weighted by Crippen LogP contribution is -2.32. The van der Waals surface area contributed by atoms with Gasteiger partial charge in [-0.2, -0.15) is 0 Å². The molecule has 0 saturated carbocycles. The normalized spacial score (nSPS) is 13.2. The second-order valence-electron chi connectivity index (χ2n) is 6.25. The molecular weight excluding hydrogens is 326 g/mol. The van der Waals surface area contributed by atoms with Crippen LogP contribution in [0.4, 0.5) is 5.95 Å². The lowest BCUT2D eigenvalue weighted by Gasteiger charge is -2.28. The van der Waals surface area contributed by atoms with Gasteiger partial charge in [0.2, 0.25) is 5.95 Å². The number of anilines is 1. The number of rotatable bonds is 4. The van der Waals surface area contributed by atoms with Crippen LogP contribution in [0.3, 0.4) is 0 Å². The molecule has 2 aromatic heterocycles. The molecular formula is C20H19N5O. The highest BCUT2D eigenvalue weighted by Crippen LogP contribution is 2.21. The SMILES string of the molecule is O=C(NCc1ccncc1)c1cnc(N2CCc3ccccc3C2)nc1. The quantitative estimate of drug-likeness (QED) is 0.786. The Bertz CT molecular complexity index is 896. The Morgan fingerprint density at radius 1 is 1.04 bits per heavy atom. The van der Waals surface area contributed by atoms with Crippen LogP contribution in [0.1, 0.15) is 27.0 Å². The molecule has 3 heterocycles. The minimum atomic E-state index is -0.183. The van der Waals surface area contributed by atoms with Gasteiger partial charge in [-0.05, 0) is 35.2 Å². The number of fused-ring (bicyclic) bond motifs is 1. The number of pyridine rings is 1. The summed E-state index contributed by atoms with van der Waals surface area (Å²) in [6, 6.07) is 12.2. The molecule has 3 aromatic rings. The summed E-state index contributed by atoms with van der Waals surface area (Å²) in [4.78, 5) is 27.1. The van der Waals surface area contributed by atoms with E-state index < -0.39 is 0 Å². The van der Waals surface area contributed by atoms with Crippen molar-refractivity contribution in [3.05, 3.63) is 83.4 Å². The second-order valence-corrected chi connectivity index (χ2v) is 6.25. The van der Waals surface area contributed by atoms with Gasteiger partial charge < -0.3 is 10.2 Å². The number of hydrogen-bond donors (Lipinski definition) is 1. The van der Waals surface area contributed by atoms with E-state index in [-0.39, 0.29) is 5.91 Å². The van der Waals surface area contributed by atoms with Gasteiger partial charge in [-0.25, -0.2) is 9.97 Å². The lowest BCUT2D eigenvalue weighted by atomic mass is 10.0. The van der Waals surface area contributed by atoms with Gasteiger partial charge in [0, 0.05) is 44.4 Å². The summed E-state index contributed by atoms with van der Waals surface area (Å²) < 4.78 is 0. The summed E-state index contributed by atoms with van der Waals surface area (Å²) >= 11 is 0. The molecule has 0 aliphatic carbocycles. The molecule has 130 valence electrons. The predicted octanol–water partition coefficient (Wildman–Crippen LogP) is 2.36. The smallest absolute Gasteiger partial charge is 0.254 e. The minimum Gasteiger partial charge on any atom is -0.348 e. The monoisotopic (exact) mass is 345 g/mol. The van der Waals surface area contributed by atoms with Crippen LogP contribution >= 0.6 is 0 Å². The molecule has 0 saturated heterocycles. The zero-order valence-corrected chi connectivity index (χ0v) is 14.3. The van der Waals surface area contributed by atoms with Crippen LogP contribution in [-0.4, -0.2) is 27.4 Å². The maximum Gasteiger partial charge on any atom is 0.254 e. The molecule has 0 fully saturated rings. The third-order valence-electron chi connectivity index (χ3n) is 4.52. The third-order valence-corrected chi connectivity index (χ3v) is 4.52. The topological polar surface area (TPSA) is 71.0 Å². The molecule has 4 rings (SSSR count). The summed E-state index contributed by atoms with van der Waals surface area (Å²) in [5.41, 5.74) is 4.15. The first-order valence-electron chi connectivity index (χ1n) is 8.60. The lowest BCUT2D eigenvalue weighted by molar-refractivity contribution is 0.0950. The van der Waals surface area contributed by atoms with Crippen LogP contribution in [0.15, 0.2) is 61.2 Å². The highest BCUT2D eigenvalue weighted by atomic mass is 16.1. The molecule has 1 aliphatic heterocycles. The molecule has 0 radical (unpaired) electrons. The van der Waals surface area contributed by atoms with E-state index in [1.807, 2.05) is 12.1 Å². The van der Waals surface area contributed by atoms with Crippen molar-refractivity contribution in [1.82, 2.24) is 20.3 Å². The molecule has 6 nitrogen and oxygen atoms in total. The van der Waals surface area contributed by atoms with E-state index in [2.05, 4.69) is 49.4 Å². The van der Waals surface area contributed by atoms with E-state index in [0.717, 1.165) is 25.1 Å². The molecule has 1 amide bonds. The Morgan fingerprint density at radius 3 is 2.54 bits per heavy atom. The Kier molecular flexibility index (Phi) is 4.55. The Hall–Kier alpha value is -3.28. The molecule has 0 unspecified atom stereocenters. The molecule has 1 N–H and O–H groups in total. The first-order chi connectivity index (χ1) is 12.8. The van der Waals surface area contributed by atoms with Crippen LogP contribution < -0.4 is 10.2 Å². The summed E-state index contributed by atoms with van der Waals surface area (Å²) in [5, 5.41) is 2.87. The van der Waals surface area contributed by atoms with Crippen LogP contribution in [0.25, 0.3) is 0 Å². The van der Waals surface area contributed by atoms with Crippen LogP contribution in [0, 0.1) is 0 Å². The van der Waals surface area contributed by atoms with Gasteiger partial charge in [0.15, 0.2) is 0 Å². The van der Waals surface area contributed by atoms with Crippen molar-refractivity contribution in [3.63, 3.8) is 0 Å². The maximum atomic E-state index is 12.2. The predicted molar refractivity (Wildman–Crippen MR) is 98.6 cm³/mol. The average molecular weight is 345 g/mol. The number of benzene rings is 1. The molecule has 0 atom stereocenters. The van der Waals surface area contributed by atoms with Crippen molar-refractivity contribution in [1.29, 1.82) is 0 Å². The number of amides is 1. The molecule has 26 heavy (non-hydrogen) atoms. The number of aromatic nitrogens is 3. The second kappa shape index (κ2) is 7.31. The van der Waals surface area contributed by atoms with E-state index in [1.165, 1.54) is 11.1 Å². The van der Waals surface area contributed by atoms with Gasteiger partial charge in [0.1, 0.15) is 0 Å². The van der Waals surface area contributed by atoms with Crippen molar-refractivity contribution in [3.8, 4) is 0 Å². The Morgan fingerprint density at radius 2 is 1.77 bits per heavy atom. The van der Waals surface area contributed by atoms with Crippen LogP contribution in [0.5, 0.6) is 0 Å². The number of nitrogens with one attached hydrogen (secondary N) is 1. The number of hydrogen-bond acceptors (Lipinski definition) is 5. The van der Waals surface area contributed by atoms with Crippen molar-refractivity contribution >= 4 is 11.9 Å². The summed E-state index contributed by atoms with van der Waals surface area (Å²) in [6.07, 6.45) is 7.56. The number of nitrogens with zero attached hydrogens (tertiary/aromatic N) is 4. The first-order valence-corrected chi connectivity index (χ1v) is 8.60. The van der Waals surface area contributed by atoms with E-state index >= 15 is 0 Å². The number of carbonyl (C=O) groups excluding carboxylic acids is 1. The minimum absolute atomic E-state index is 0.183. The third kappa shape index (κ3) is 3.54. The van der Waals surface area contributed by atoms with Gasteiger partial charge in [0.05, 0.1) is 5.56 Å². The Balaban J connectivity index is 1.40. The average Bonchev–Trinajstić information content (AvgIpc) is 2.72. The van der Waals surface area contributed by atoms with Crippen molar-refractivity contribution in [2.75, 3.05) is 11.4 Å². The molecule has 1 aliphatic rings. The fraction of sp³-hybridized carbons (Fsp3) is 0.200. The van der Waals surface area contributed by atoms with Gasteiger partial charge in [-0.1, -0.05) is 24.3 Å². The van der Waals surface area contributed by atoms with E-state index in [9.17, 15) is 4.79 Å². The molecule has 6 heteroatoms. The van der Waals surface area contributed by atoms with Gasteiger partial charge in [-0.15, -0.1) is 0 Å². The van der Waals surface area contributed by atoms with Crippen molar-refractivity contribution in [2.45, 2.75) is 19.5 Å². The molecule has 1 aromatic carbocycles. The fourth-order valence-electron chi connectivity index (χ4n) is 3.05. The van der Waals surface area contributed by atoms with E-state index in [1.54, 1.807) is 24.8 Å². The standard InChI is InChI=1S/C20H19N5O/c26-19(22-11-15-5-8-21-9-6-15)18-12-23-20(24-13-18)25-10-7-16-3-1-2-4-17(16)14-25/h1-6,8-9,12-13H,7,10-11,14H2,(H,22,26). The maximum absolute atomic E-state index is 12.2. The highest BCUT2D eigenvalue weighted by molar-refractivity contribution is 5.93. The van der Waals surface area contributed by atoms with E-state index in [0.29, 0.717) is 18.1 Å². The molecule has 0 bridgehead atoms. The van der Waals surface area contributed by atoms with Crippen molar-refractivity contribution in [2.24, 2.45) is 0 Å². The van der Waals surface area contributed by atoms with Gasteiger partial charge in [0.25, 0.3) is 5.91 Å². The summed E-state index contributed by atoms with van der Waals surface area (Å²) in [6.45, 7) is 2.13. The largest absolute Gasteiger partial charge is 0.348 e. The van der Waals surface area contributed by atoms with Crippen molar-refractivity contribution < 1.29 is 4.79 Å². The summed E-state index contributed by atoms with van der Waals surface area (Å²) in [7, 11) is 0. The van der Waals surface area contributed by atoms with Crippen LogP contribution in [-0.2, 0) is 19.5 Å². The molecule has 0 spiro atoms. The summed E-state index contributed by atoms with van der Waals surface area (Å²) in [5.74, 6) is 0.475. The van der Waals surface area contributed by atoms with E-state index in [4.69, 9.17) is 0 Å². The zero-order valence-electron chi connectivity index (χ0n) is 14.3. The highest BCUT2D eigenvalue weighted by Gasteiger charge is 2.18. The fourth-order valence-corrected chi connectivity index (χ4v) is 3.05. The first kappa shape index (κ1) is 16.2. The number of carbonyl (C=O) groups is 1. The zero-order chi connectivity index (χ0) is 17.8. The van der Waals surface area contributed by atoms with Gasteiger partial charge >= 0.3 is 0 Å².